The van der Waals surface area contributed by atoms with Crippen LogP contribution in [0.25, 0.3) is 0 Å². The Kier molecular flexibility index (Phi) is 4.50. The molecule has 2 aliphatic rings. The predicted molar refractivity (Wildman–Crippen MR) is 84.6 cm³/mol. The van der Waals surface area contributed by atoms with Gasteiger partial charge < -0.3 is 15.3 Å². The lowest BCUT2D eigenvalue weighted by Gasteiger charge is -2.37. The molecule has 0 radical (unpaired) electrons. The molecule has 1 aliphatic heterocycles. The standard InChI is InChI=1S/C16H24N2O2S/c1-2-14-13-8-10-21-15(13)7-9-18(14)16(20)17-11-3-5-12(19)6-4-11/h8,10-12,14,19H,2-7,9H2,1H3,(H,17,20). The van der Waals surface area contributed by atoms with E-state index in [1.54, 1.807) is 0 Å². The fourth-order valence-electron chi connectivity index (χ4n) is 3.56. The maximum Gasteiger partial charge on any atom is 0.318 e. The van der Waals surface area contributed by atoms with Crippen LogP contribution in [0.15, 0.2) is 11.4 Å². The Balaban J connectivity index is 1.64. The number of nitrogens with one attached hydrogen (secondary N) is 1. The Bertz CT molecular complexity index is 494. The van der Waals surface area contributed by atoms with Gasteiger partial charge in [0, 0.05) is 17.5 Å². The van der Waals surface area contributed by atoms with E-state index in [4.69, 9.17) is 0 Å². The molecule has 2 heterocycles. The van der Waals surface area contributed by atoms with Gasteiger partial charge in [-0.3, -0.25) is 0 Å². The molecule has 3 rings (SSSR count). The number of amides is 2. The van der Waals surface area contributed by atoms with Crippen molar-refractivity contribution >= 4 is 17.4 Å². The second-order valence-corrected chi connectivity index (χ2v) is 7.12. The van der Waals surface area contributed by atoms with Gasteiger partial charge in [-0.25, -0.2) is 4.79 Å². The first-order chi connectivity index (χ1) is 10.2. The second-order valence-electron chi connectivity index (χ2n) is 6.12. The Morgan fingerprint density at radius 3 is 2.90 bits per heavy atom. The van der Waals surface area contributed by atoms with Crippen molar-refractivity contribution in [2.75, 3.05) is 6.54 Å². The minimum atomic E-state index is -0.176. The third kappa shape index (κ3) is 3.09. The zero-order valence-corrected chi connectivity index (χ0v) is 13.4. The second kappa shape index (κ2) is 6.36. The van der Waals surface area contributed by atoms with Gasteiger partial charge in [0.2, 0.25) is 0 Å². The molecule has 0 aromatic carbocycles. The first-order valence-electron chi connectivity index (χ1n) is 8.00. The fourth-order valence-corrected chi connectivity index (χ4v) is 4.49. The lowest BCUT2D eigenvalue weighted by molar-refractivity contribution is 0.112. The Hall–Kier alpha value is -1.07. The van der Waals surface area contributed by atoms with Crippen molar-refractivity contribution in [3.05, 3.63) is 21.9 Å². The van der Waals surface area contributed by atoms with Crippen LogP contribution in [0.4, 0.5) is 4.79 Å². The smallest absolute Gasteiger partial charge is 0.318 e. The van der Waals surface area contributed by atoms with Crippen LogP contribution in [0, 0.1) is 0 Å². The Morgan fingerprint density at radius 1 is 1.43 bits per heavy atom. The highest BCUT2D eigenvalue weighted by molar-refractivity contribution is 7.10. The number of carbonyl (C=O) groups excluding carboxylic acids is 1. The maximum absolute atomic E-state index is 12.6. The van der Waals surface area contributed by atoms with Crippen molar-refractivity contribution < 1.29 is 9.90 Å². The molecule has 0 spiro atoms. The molecule has 1 aromatic rings. The zero-order chi connectivity index (χ0) is 14.8. The number of aliphatic hydroxyl groups is 1. The first kappa shape index (κ1) is 14.9. The van der Waals surface area contributed by atoms with Crippen LogP contribution in [-0.2, 0) is 6.42 Å². The molecular formula is C16H24N2O2S. The third-order valence-electron chi connectivity index (χ3n) is 4.77. The molecule has 5 heteroatoms. The van der Waals surface area contributed by atoms with Crippen molar-refractivity contribution in [2.45, 2.75) is 63.6 Å². The number of fused-ring (bicyclic) bond motifs is 1. The van der Waals surface area contributed by atoms with Gasteiger partial charge in [0.15, 0.2) is 0 Å². The van der Waals surface area contributed by atoms with E-state index in [1.807, 2.05) is 16.2 Å². The summed E-state index contributed by atoms with van der Waals surface area (Å²) in [4.78, 5) is 16.0. The van der Waals surface area contributed by atoms with E-state index in [9.17, 15) is 9.90 Å². The number of hydrogen-bond donors (Lipinski definition) is 2. The highest BCUT2D eigenvalue weighted by Crippen LogP contribution is 2.35. The average molecular weight is 308 g/mol. The molecule has 1 aliphatic carbocycles. The quantitative estimate of drug-likeness (QED) is 0.882. The van der Waals surface area contributed by atoms with Gasteiger partial charge in [0.25, 0.3) is 0 Å². The lowest BCUT2D eigenvalue weighted by atomic mass is 9.93. The minimum Gasteiger partial charge on any atom is -0.393 e. The van der Waals surface area contributed by atoms with E-state index in [2.05, 4.69) is 23.7 Å². The molecule has 1 fully saturated rings. The molecule has 1 unspecified atom stereocenters. The summed E-state index contributed by atoms with van der Waals surface area (Å²) in [7, 11) is 0. The van der Waals surface area contributed by atoms with Crippen molar-refractivity contribution in [1.29, 1.82) is 0 Å². The van der Waals surface area contributed by atoms with E-state index in [1.165, 1.54) is 10.4 Å². The first-order valence-corrected chi connectivity index (χ1v) is 8.88. The number of thiophene rings is 1. The van der Waals surface area contributed by atoms with Crippen molar-refractivity contribution in [1.82, 2.24) is 10.2 Å². The van der Waals surface area contributed by atoms with E-state index in [0.29, 0.717) is 0 Å². The topological polar surface area (TPSA) is 52.6 Å². The molecule has 4 nitrogen and oxygen atoms in total. The highest BCUT2D eigenvalue weighted by Gasteiger charge is 2.31. The summed E-state index contributed by atoms with van der Waals surface area (Å²) in [5.74, 6) is 0. The van der Waals surface area contributed by atoms with Crippen molar-refractivity contribution in [3.8, 4) is 0 Å². The van der Waals surface area contributed by atoms with E-state index in [0.717, 1.165) is 45.1 Å². The van der Waals surface area contributed by atoms with Crippen LogP contribution in [0.1, 0.15) is 55.5 Å². The van der Waals surface area contributed by atoms with Crippen LogP contribution in [0.5, 0.6) is 0 Å². The van der Waals surface area contributed by atoms with Crippen LogP contribution in [-0.4, -0.2) is 34.7 Å². The monoisotopic (exact) mass is 308 g/mol. The molecule has 1 atom stereocenters. The molecule has 0 saturated heterocycles. The summed E-state index contributed by atoms with van der Waals surface area (Å²) in [6, 6.07) is 2.68. The third-order valence-corrected chi connectivity index (χ3v) is 5.76. The summed E-state index contributed by atoms with van der Waals surface area (Å²) in [6.07, 6.45) is 5.14. The number of aliphatic hydroxyl groups excluding tert-OH is 1. The van der Waals surface area contributed by atoms with Crippen molar-refractivity contribution in [2.24, 2.45) is 0 Å². The van der Waals surface area contributed by atoms with Crippen LogP contribution >= 0.6 is 11.3 Å². The molecule has 1 aromatic heterocycles. The molecule has 0 bridgehead atoms. The summed E-state index contributed by atoms with van der Waals surface area (Å²) in [6.45, 7) is 2.96. The predicted octanol–water partition coefficient (Wildman–Crippen LogP) is 3.07. The number of rotatable bonds is 2. The maximum atomic E-state index is 12.6. The molecule has 21 heavy (non-hydrogen) atoms. The summed E-state index contributed by atoms with van der Waals surface area (Å²) < 4.78 is 0. The van der Waals surface area contributed by atoms with Gasteiger partial charge in [0.1, 0.15) is 0 Å². The van der Waals surface area contributed by atoms with Gasteiger partial charge >= 0.3 is 6.03 Å². The molecule has 2 N–H and O–H groups in total. The fraction of sp³-hybridized carbons (Fsp3) is 0.688. The summed E-state index contributed by atoms with van der Waals surface area (Å²) in [5.41, 5.74) is 1.34. The Morgan fingerprint density at radius 2 is 2.19 bits per heavy atom. The number of hydrogen-bond acceptors (Lipinski definition) is 3. The van der Waals surface area contributed by atoms with Crippen LogP contribution in [0.2, 0.25) is 0 Å². The summed E-state index contributed by atoms with van der Waals surface area (Å²) in [5, 5.41) is 14.9. The van der Waals surface area contributed by atoms with Gasteiger partial charge in [-0.1, -0.05) is 6.92 Å². The minimum absolute atomic E-state index is 0.0695. The largest absolute Gasteiger partial charge is 0.393 e. The number of urea groups is 1. The molecule has 2 amide bonds. The van der Waals surface area contributed by atoms with Crippen molar-refractivity contribution in [3.63, 3.8) is 0 Å². The van der Waals surface area contributed by atoms with Crippen LogP contribution < -0.4 is 5.32 Å². The van der Waals surface area contributed by atoms with Gasteiger partial charge in [-0.05, 0) is 55.5 Å². The van der Waals surface area contributed by atoms with E-state index >= 15 is 0 Å². The van der Waals surface area contributed by atoms with E-state index < -0.39 is 0 Å². The lowest BCUT2D eigenvalue weighted by Crippen LogP contribution is -2.49. The number of nitrogens with zero attached hydrogens (tertiary/aromatic N) is 1. The highest BCUT2D eigenvalue weighted by atomic mass is 32.1. The molecule has 1 saturated carbocycles. The molecular weight excluding hydrogens is 284 g/mol. The van der Waals surface area contributed by atoms with E-state index in [-0.39, 0.29) is 24.2 Å². The van der Waals surface area contributed by atoms with Gasteiger partial charge in [-0.2, -0.15) is 0 Å². The average Bonchev–Trinajstić information content (AvgIpc) is 2.97. The molecule has 116 valence electrons. The SMILES string of the molecule is CCC1c2ccsc2CCN1C(=O)NC1CCC(O)CC1. The normalized spacial score (nSPS) is 29.0. The van der Waals surface area contributed by atoms with Gasteiger partial charge in [-0.15, -0.1) is 11.3 Å². The van der Waals surface area contributed by atoms with Gasteiger partial charge in [0.05, 0.1) is 12.1 Å². The van der Waals surface area contributed by atoms with Crippen LogP contribution in [0.3, 0.4) is 0 Å². The number of carbonyl (C=O) groups is 1. The zero-order valence-electron chi connectivity index (χ0n) is 12.5. The summed E-state index contributed by atoms with van der Waals surface area (Å²) >= 11 is 1.81. The Labute approximate surface area is 130 Å².